The topological polar surface area (TPSA) is 44.8 Å². The summed E-state index contributed by atoms with van der Waals surface area (Å²) >= 11 is 0. The molecule has 0 spiro atoms. The zero-order valence-corrected chi connectivity index (χ0v) is 20.9. The number of benzene rings is 2. The van der Waals surface area contributed by atoms with E-state index in [9.17, 15) is 4.79 Å². The number of urea groups is 1. The largest absolute Gasteiger partial charge is 0.493 e. The molecule has 2 aromatic rings. The third kappa shape index (κ3) is 4.81. The molecule has 3 aliphatic heterocycles. The molecule has 0 bridgehead atoms. The number of piperidine rings is 2. The Kier molecular flexibility index (Phi) is 6.82. The first-order chi connectivity index (χ1) is 16.5. The van der Waals surface area contributed by atoms with Crippen molar-refractivity contribution in [3.05, 3.63) is 65.2 Å². The maximum atomic E-state index is 13.5. The zero-order chi connectivity index (χ0) is 23.7. The maximum Gasteiger partial charge on any atom is 0.318 e. The minimum atomic E-state index is -0.0639. The molecule has 4 atom stereocenters. The Morgan fingerprint density at radius 2 is 1.97 bits per heavy atom. The fourth-order valence-corrected chi connectivity index (χ4v) is 6.14. The highest BCUT2D eigenvalue weighted by atomic mass is 16.5. The maximum absolute atomic E-state index is 13.5. The summed E-state index contributed by atoms with van der Waals surface area (Å²) in [5.74, 6) is 1.92. The highest BCUT2D eigenvalue weighted by Gasteiger charge is 2.44. The van der Waals surface area contributed by atoms with Crippen LogP contribution in [0.5, 0.6) is 5.75 Å². The van der Waals surface area contributed by atoms with Gasteiger partial charge < -0.3 is 15.0 Å². The van der Waals surface area contributed by atoms with Crippen LogP contribution in [0, 0.1) is 11.8 Å². The van der Waals surface area contributed by atoms with Crippen molar-refractivity contribution in [3.8, 4) is 5.75 Å². The molecule has 0 aromatic heterocycles. The molecule has 5 heteroatoms. The number of amides is 2. The number of nitrogens with zero attached hydrogens (tertiary/aromatic N) is 2. The molecule has 0 unspecified atom stereocenters. The lowest BCUT2D eigenvalue weighted by atomic mass is 9.77. The fourth-order valence-electron chi connectivity index (χ4n) is 6.14. The zero-order valence-electron chi connectivity index (χ0n) is 20.9. The Hall–Kier alpha value is -2.53. The molecule has 0 radical (unpaired) electrons. The predicted octanol–water partition coefficient (Wildman–Crippen LogP) is 5.58. The van der Waals surface area contributed by atoms with E-state index in [0.717, 1.165) is 50.2 Å². The van der Waals surface area contributed by atoms with Crippen LogP contribution in [-0.4, -0.2) is 48.1 Å². The lowest BCUT2D eigenvalue weighted by molar-refractivity contribution is 0.00533. The SMILES string of the molecule is CC(C)COc1cccc([C@@H](C)NC(=O)N2CCC[C@@H]3CN4CCc5ccccc5[C@@H]4C[C@@H]32)c1. The number of hydrogen-bond acceptors (Lipinski definition) is 3. The molecular formula is C29H39N3O2. The number of rotatable bonds is 5. The number of hydrogen-bond donors (Lipinski definition) is 1. The number of carbonyl (C=O) groups excluding carboxylic acids is 1. The molecule has 3 heterocycles. The lowest BCUT2D eigenvalue weighted by Crippen LogP contribution is -2.59. The molecule has 0 aliphatic carbocycles. The van der Waals surface area contributed by atoms with E-state index in [4.69, 9.17) is 4.74 Å². The highest BCUT2D eigenvalue weighted by molar-refractivity contribution is 5.75. The van der Waals surface area contributed by atoms with Crippen molar-refractivity contribution in [2.45, 2.75) is 64.6 Å². The molecule has 2 aromatic carbocycles. The van der Waals surface area contributed by atoms with Crippen LogP contribution in [-0.2, 0) is 6.42 Å². The number of carbonyl (C=O) groups is 1. The number of fused-ring (bicyclic) bond motifs is 4. The second-order valence-corrected chi connectivity index (χ2v) is 10.8. The van der Waals surface area contributed by atoms with Gasteiger partial charge in [0, 0.05) is 31.7 Å². The summed E-state index contributed by atoms with van der Waals surface area (Å²) in [5.41, 5.74) is 4.05. The molecule has 5 rings (SSSR count). The molecule has 182 valence electrons. The van der Waals surface area contributed by atoms with E-state index < -0.39 is 0 Å². The van der Waals surface area contributed by atoms with E-state index in [1.165, 1.54) is 17.5 Å². The molecule has 34 heavy (non-hydrogen) atoms. The Bertz CT molecular complexity index is 1010. The van der Waals surface area contributed by atoms with Gasteiger partial charge in [-0.15, -0.1) is 0 Å². The van der Waals surface area contributed by atoms with Gasteiger partial charge in [-0.25, -0.2) is 4.79 Å². The van der Waals surface area contributed by atoms with Crippen molar-refractivity contribution in [1.82, 2.24) is 15.1 Å². The molecular weight excluding hydrogens is 422 g/mol. The van der Waals surface area contributed by atoms with Crippen molar-refractivity contribution in [2.24, 2.45) is 11.8 Å². The standard InChI is InChI=1S/C29H39N3O2/c1-20(2)19-34-25-11-6-9-23(16-25)21(3)30-29(33)32-14-7-10-24-18-31-15-13-22-8-4-5-12-26(22)28(31)17-27(24)32/h4-6,8-9,11-12,16,20-21,24,27-28H,7,10,13-15,17-19H2,1-3H3,(H,30,33)/t21-,24-,27+,28+/m1/s1. The van der Waals surface area contributed by atoms with Gasteiger partial charge in [0.25, 0.3) is 0 Å². The summed E-state index contributed by atoms with van der Waals surface area (Å²) in [6.07, 6.45) is 4.51. The van der Waals surface area contributed by atoms with Gasteiger partial charge in [-0.2, -0.15) is 0 Å². The van der Waals surface area contributed by atoms with E-state index in [1.807, 2.05) is 12.1 Å². The summed E-state index contributed by atoms with van der Waals surface area (Å²) in [7, 11) is 0. The van der Waals surface area contributed by atoms with Crippen LogP contribution in [0.25, 0.3) is 0 Å². The Morgan fingerprint density at radius 3 is 2.82 bits per heavy atom. The smallest absolute Gasteiger partial charge is 0.318 e. The minimum Gasteiger partial charge on any atom is -0.493 e. The van der Waals surface area contributed by atoms with E-state index in [1.54, 1.807) is 0 Å². The summed E-state index contributed by atoms with van der Waals surface area (Å²) < 4.78 is 5.90. The normalized spacial score (nSPS) is 25.2. The van der Waals surface area contributed by atoms with Gasteiger partial charge in [-0.1, -0.05) is 50.2 Å². The van der Waals surface area contributed by atoms with Crippen LogP contribution in [0.1, 0.15) is 68.8 Å². The van der Waals surface area contributed by atoms with Gasteiger partial charge >= 0.3 is 6.03 Å². The number of likely N-dealkylation sites (tertiary alicyclic amines) is 1. The first-order valence-electron chi connectivity index (χ1n) is 13.1. The number of ether oxygens (including phenoxy) is 1. The van der Waals surface area contributed by atoms with Crippen LogP contribution in [0.15, 0.2) is 48.5 Å². The van der Waals surface area contributed by atoms with Crippen molar-refractivity contribution in [2.75, 3.05) is 26.2 Å². The van der Waals surface area contributed by atoms with Gasteiger partial charge in [0.15, 0.2) is 0 Å². The monoisotopic (exact) mass is 461 g/mol. The van der Waals surface area contributed by atoms with Crippen LogP contribution in [0.3, 0.4) is 0 Å². The van der Waals surface area contributed by atoms with Gasteiger partial charge in [0.2, 0.25) is 0 Å². The first-order valence-corrected chi connectivity index (χ1v) is 13.1. The quantitative estimate of drug-likeness (QED) is 0.633. The van der Waals surface area contributed by atoms with Gasteiger partial charge in [0.05, 0.1) is 12.6 Å². The van der Waals surface area contributed by atoms with Gasteiger partial charge in [0.1, 0.15) is 5.75 Å². The highest BCUT2D eigenvalue weighted by Crippen LogP contribution is 2.42. The van der Waals surface area contributed by atoms with Crippen LogP contribution in [0.2, 0.25) is 0 Å². The predicted molar refractivity (Wildman–Crippen MR) is 136 cm³/mol. The van der Waals surface area contributed by atoms with E-state index >= 15 is 0 Å². The van der Waals surface area contributed by atoms with E-state index in [-0.39, 0.29) is 12.1 Å². The van der Waals surface area contributed by atoms with E-state index in [0.29, 0.717) is 30.5 Å². The van der Waals surface area contributed by atoms with Crippen molar-refractivity contribution in [3.63, 3.8) is 0 Å². The summed E-state index contributed by atoms with van der Waals surface area (Å²) in [4.78, 5) is 18.3. The third-order valence-electron chi connectivity index (χ3n) is 7.92. The van der Waals surface area contributed by atoms with Gasteiger partial charge in [-0.05, 0) is 73.3 Å². The molecule has 2 amide bonds. The molecule has 3 aliphatic rings. The summed E-state index contributed by atoms with van der Waals surface area (Å²) in [5, 5.41) is 3.30. The average Bonchev–Trinajstić information content (AvgIpc) is 2.86. The van der Waals surface area contributed by atoms with E-state index in [2.05, 4.69) is 72.3 Å². The Labute approximate surface area is 204 Å². The van der Waals surface area contributed by atoms with Crippen LogP contribution in [0.4, 0.5) is 4.79 Å². The minimum absolute atomic E-state index is 0.0639. The second-order valence-electron chi connectivity index (χ2n) is 10.8. The molecule has 2 fully saturated rings. The Morgan fingerprint density at radius 1 is 1.12 bits per heavy atom. The fraction of sp³-hybridized carbons (Fsp3) is 0.552. The Balaban J connectivity index is 1.28. The van der Waals surface area contributed by atoms with Crippen molar-refractivity contribution < 1.29 is 9.53 Å². The number of nitrogens with one attached hydrogen (secondary N) is 1. The van der Waals surface area contributed by atoms with Crippen molar-refractivity contribution in [1.29, 1.82) is 0 Å². The summed E-state index contributed by atoms with van der Waals surface area (Å²) in [6.45, 7) is 10.2. The first kappa shape index (κ1) is 23.2. The van der Waals surface area contributed by atoms with Crippen LogP contribution < -0.4 is 10.1 Å². The average molecular weight is 462 g/mol. The summed E-state index contributed by atoms with van der Waals surface area (Å²) in [6, 6.07) is 17.8. The van der Waals surface area contributed by atoms with Crippen LogP contribution >= 0.6 is 0 Å². The van der Waals surface area contributed by atoms with Gasteiger partial charge in [-0.3, -0.25) is 4.90 Å². The third-order valence-corrected chi connectivity index (χ3v) is 7.92. The second kappa shape index (κ2) is 9.99. The lowest BCUT2D eigenvalue weighted by Gasteiger charge is -2.52. The molecule has 1 N–H and O–H groups in total. The molecule has 5 nitrogen and oxygen atoms in total. The van der Waals surface area contributed by atoms with Crippen molar-refractivity contribution >= 4 is 6.03 Å². The molecule has 0 saturated carbocycles. The molecule has 2 saturated heterocycles.